The molecule has 0 bridgehead atoms. The highest BCUT2D eigenvalue weighted by Crippen LogP contribution is 2.19. The molecule has 0 aliphatic carbocycles. The minimum Gasteiger partial charge on any atom is -0.352 e. The van der Waals surface area contributed by atoms with Crippen molar-refractivity contribution in [1.29, 1.82) is 0 Å². The molecule has 1 rings (SSSR count). The van der Waals surface area contributed by atoms with Crippen molar-refractivity contribution in [3.05, 3.63) is 34.9 Å². The van der Waals surface area contributed by atoms with E-state index in [9.17, 15) is 4.79 Å². The SMILES string of the molecule is Cc1ccc(C(=O)NCC(C(C)C)C(C)C)c(C)c1. The Balaban J connectivity index is 2.69. The lowest BCUT2D eigenvalue weighted by Crippen LogP contribution is -2.34. The molecule has 0 unspecified atom stereocenters. The summed E-state index contributed by atoms with van der Waals surface area (Å²) in [4.78, 5) is 12.2. The summed E-state index contributed by atoms with van der Waals surface area (Å²) < 4.78 is 0. The van der Waals surface area contributed by atoms with Gasteiger partial charge in [0.05, 0.1) is 0 Å². The van der Waals surface area contributed by atoms with Crippen molar-refractivity contribution in [2.45, 2.75) is 41.5 Å². The molecule has 0 atom stereocenters. The quantitative estimate of drug-likeness (QED) is 0.854. The number of carbonyl (C=O) groups is 1. The number of rotatable bonds is 5. The van der Waals surface area contributed by atoms with Gasteiger partial charge in [0.25, 0.3) is 5.91 Å². The summed E-state index contributed by atoms with van der Waals surface area (Å²) in [5.74, 6) is 1.73. The first-order chi connectivity index (χ1) is 8.82. The molecule has 0 aliphatic heterocycles. The average Bonchev–Trinajstić information content (AvgIpc) is 2.27. The van der Waals surface area contributed by atoms with Crippen LogP contribution < -0.4 is 5.32 Å². The molecule has 2 heteroatoms. The van der Waals surface area contributed by atoms with E-state index in [1.54, 1.807) is 0 Å². The van der Waals surface area contributed by atoms with Gasteiger partial charge in [0.15, 0.2) is 0 Å². The largest absolute Gasteiger partial charge is 0.352 e. The van der Waals surface area contributed by atoms with Gasteiger partial charge in [-0.2, -0.15) is 0 Å². The predicted octanol–water partition coefficient (Wildman–Crippen LogP) is 3.96. The summed E-state index contributed by atoms with van der Waals surface area (Å²) in [6, 6.07) is 5.96. The van der Waals surface area contributed by atoms with Crippen LogP contribution in [0.1, 0.15) is 49.2 Å². The highest BCUT2D eigenvalue weighted by molar-refractivity contribution is 5.95. The zero-order valence-corrected chi connectivity index (χ0v) is 13.1. The van der Waals surface area contributed by atoms with Crippen LogP contribution in [0.15, 0.2) is 18.2 Å². The fourth-order valence-corrected chi connectivity index (χ4v) is 2.62. The van der Waals surface area contributed by atoms with Crippen molar-refractivity contribution in [2.75, 3.05) is 6.54 Å². The van der Waals surface area contributed by atoms with Gasteiger partial charge in [-0.3, -0.25) is 4.79 Å². The zero-order chi connectivity index (χ0) is 14.6. The van der Waals surface area contributed by atoms with E-state index in [-0.39, 0.29) is 5.91 Å². The molecule has 1 amide bonds. The maximum Gasteiger partial charge on any atom is 0.251 e. The van der Waals surface area contributed by atoms with E-state index in [0.717, 1.165) is 17.7 Å². The van der Waals surface area contributed by atoms with Gasteiger partial charge in [0.2, 0.25) is 0 Å². The van der Waals surface area contributed by atoms with Gasteiger partial charge in [-0.15, -0.1) is 0 Å². The van der Waals surface area contributed by atoms with Crippen LogP contribution in [0.3, 0.4) is 0 Å². The first-order valence-electron chi connectivity index (χ1n) is 7.18. The molecule has 1 aromatic carbocycles. The van der Waals surface area contributed by atoms with Gasteiger partial charge in [-0.05, 0) is 43.2 Å². The molecule has 0 spiro atoms. The van der Waals surface area contributed by atoms with Gasteiger partial charge in [0.1, 0.15) is 0 Å². The summed E-state index contributed by atoms with van der Waals surface area (Å²) in [6.45, 7) is 13.7. The van der Waals surface area contributed by atoms with Crippen LogP contribution in [0.2, 0.25) is 0 Å². The molecular weight excluding hydrogens is 234 g/mol. The Labute approximate surface area is 117 Å². The van der Waals surface area contributed by atoms with E-state index in [0.29, 0.717) is 17.8 Å². The second kappa shape index (κ2) is 6.74. The molecule has 0 aromatic heterocycles. The Morgan fingerprint density at radius 3 is 2.16 bits per heavy atom. The third-order valence-corrected chi connectivity index (χ3v) is 3.84. The highest BCUT2D eigenvalue weighted by atomic mass is 16.1. The number of carbonyl (C=O) groups excluding carboxylic acids is 1. The van der Waals surface area contributed by atoms with Gasteiger partial charge >= 0.3 is 0 Å². The molecule has 0 fully saturated rings. The highest BCUT2D eigenvalue weighted by Gasteiger charge is 2.19. The number of amides is 1. The Hall–Kier alpha value is -1.31. The van der Waals surface area contributed by atoms with Crippen LogP contribution >= 0.6 is 0 Å². The maximum absolute atomic E-state index is 12.2. The topological polar surface area (TPSA) is 29.1 Å². The number of benzene rings is 1. The summed E-state index contributed by atoms with van der Waals surface area (Å²) >= 11 is 0. The molecule has 0 aliphatic rings. The smallest absolute Gasteiger partial charge is 0.251 e. The molecule has 0 heterocycles. The first-order valence-corrected chi connectivity index (χ1v) is 7.18. The van der Waals surface area contributed by atoms with E-state index in [1.807, 2.05) is 26.0 Å². The molecule has 1 aromatic rings. The van der Waals surface area contributed by atoms with Gasteiger partial charge in [0, 0.05) is 12.1 Å². The summed E-state index contributed by atoms with van der Waals surface area (Å²) in [7, 11) is 0. The molecule has 0 saturated carbocycles. The molecule has 106 valence electrons. The van der Waals surface area contributed by atoms with Crippen molar-refractivity contribution in [2.24, 2.45) is 17.8 Å². The minimum absolute atomic E-state index is 0.0452. The predicted molar refractivity (Wildman–Crippen MR) is 81.4 cm³/mol. The average molecular weight is 261 g/mol. The molecule has 0 radical (unpaired) electrons. The maximum atomic E-state index is 12.2. The Kier molecular flexibility index (Phi) is 5.59. The lowest BCUT2D eigenvalue weighted by Gasteiger charge is -2.25. The van der Waals surface area contributed by atoms with Crippen molar-refractivity contribution >= 4 is 5.91 Å². The van der Waals surface area contributed by atoms with Gasteiger partial charge < -0.3 is 5.32 Å². The van der Waals surface area contributed by atoms with Crippen LogP contribution in [-0.2, 0) is 0 Å². The van der Waals surface area contributed by atoms with Crippen molar-refractivity contribution in [1.82, 2.24) is 5.32 Å². The van der Waals surface area contributed by atoms with Gasteiger partial charge in [-0.25, -0.2) is 0 Å². The molecule has 2 nitrogen and oxygen atoms in total. The Bertz CT molecular complexity index is 427. The number of hydrogen-bond donors (Lipinski definition) is 1. The lowest BCUT2D eigenvalue weighted by molar-refractivity contribution is 0.0936. The van der Waals surface area contributed by atoms with Crippen LogP contribution in [0.4, 0.5) is 0 Å². The van der Waals surface area contributed by atoms with Crippen LogP contribution in [0, 0.1) is 31.6 Å². The second-order valence-electron chi connectivity index (χ2n) is 6.18. The van der Waals surface area contributed by atoms with Crippen molar-refractivity contribution in [3.63, 3.8) is 0 Å². The second-order valence-corrected chi connectivity index (χ2v) is 6.18. The third kappa shape index (κ3) is 4.38. The first kappa shape index (κ1) is 15.7. The zero-order valence-electron chi connectivity index (χ0n) is 13.1. The molecule has 19 heavy (non-hydrogen) atoms. The monoisotopic (exact) mass is 261 g/mol. The van der Waals surface area contributed by atoms with Gasteiger partial charge in [-0.1, -0.05) is 45.4 Å². The van der Waals surface area contributed by atoms with Crippen molar-refractivity contribution in [3.8, 4) is 0 Å². The van der Waals surface area contributed by atoms with E-state index < -0.39 is 0 Å². The lowest BCUT2D eigenvalue weighted by atomic mass is 9.85. The minimum atomic E-state index is 0.0452. The standard InChI is InChI=1S/C17H27NO/c1-11(2)16(12(3)4)10-18-17(19)15-8-7-13(5)9-14(15)6/h7-9,11-12,16H,10H2,1-6H3,(H,18,19). The summed E-state index contributed by atoms with van der Waals surface area (Å²) in [6.07, 6.45) is 0. The third-order valence-electron chi connectivity index (χ3n) is 3.84. The fourth-order valence-electron chi connectivity index (χ4n) is 2.62. The number of aryl methyl sites for hydroxylation is 2. The molecular formula is C17H27NO. The normalized spacial score (nSPS) is 11.4. The summed E-state index contributed by atoms with van der Waals surface area (Å²) in [5.41, 5.74) is 3.02. The Morgan fingerprint density at radius 2 is 1.68 bits per heavy atom. The number of hydrogen-bond acceptors (Lipinski definition) is 1. The fraction of sp³-hybridized carbons (Fsp3) is 0.588. The van der Waals surface area contributed by atoms with Crippen LogP contribution in [0.5, 0.6) is 0 Å². The van der Waals surface area contributed by atoms with Crippen LogP contribution in [0.25, 0.3) is 0 Å². The van der Waals surface area contributed by atoms with E-state index in [1.165, 1.54) is 5.56 Å². The molecule has 1 N–H and O–H groups in total. The number of nitrogens with one attached hydrogen (secondary N) is 1. The molecule has 0 saturated heterocycles. The van der Waals surface area contributed by atoms with Crippen LogP contribution in [-0.4, -0.2) is 12.5 Å². The summed E-state index contributed by atoms with van der Waals surface area (Å²) in [5, 5.41) is 3.08. The van der Waals surface area contributed by atoms with E-state index >= 15 is 0 Å². The Morgan fingerprint density at radius 1 is 1.11 bits per heavy atom. The van der Waals surface area contributed by atoms with E-state index in [4.69, 9.17) is 0 Å². The van der Waals surface area contributed by atoms with E-state index in [2.05, 4.69) is 39.1 Å². The van der Waals surface area contributed by atoms with Crippen molar-refractivity contribution < 1.29 is 4.79 Å².